The molecule has 4 aromatic rings. The molecule has 0 aliphatic rings. The van der Waals surface area contributed by atoms with Gasteiger partial charge in [0.2, 0.25) is 5.41 Å². The minimum Gasteiger partial charge on any atom is -0.493 e. The lowest BCUT2D eigenvalue weighted by Crippen LogP contribution is -2.54. The first-order chi connectivity index (χ1) is 19.3. The Hall–Kier alpha value is -4.74. The normalized spacial score (nSPS) is 12.1. The summed E-state index contributed by atoms with van der Waals surface area (Å²) in [5.41, 5.74) is 5.38. The van der Waals surface area contributed by atoms with Gasteiger partial charge < -0.3 is 30.4 Å². The molecule has 0 amide bonds. The lowest BCUT2D eigenvalue weighted by atomic mass is 9.72. The molecule has 0 fully saturated rings. The van der Waals surface area contributed by atoms with E-state index in [0.717, 1.165) is 26.4 Å². The maximum absolute atomic E-state index is 14.8. The molecule has 4 N–H and O–H groups in total. The Morgan fingerprint density at radius 2 is 0.829 bits per heavy atom. The molecular weight excluding hydrogens is 554 g/mol. The Morgan fingerprint density at radius 1 is 0.488 bits per heavy atom. The van der Waals surface area contributed by atoms with Crippen molar-refractivity contribution in [2.45, 2.75) is 17.8 Å². The Morgan fingerprint density at radius 3 is 1.12 bits per heavy atom. The number of ether oxygens (including phenoxy) is 4. The van der Waals surface area contributed by atoms with Gasteiger partial charge in [0.05, 0.1) is 14.2 Å². The van der Waals surface area contributed by atoms with E-state index in [0.29, 0.717) is 35.6 Å². The molecule has 0 atom stereocenters. The fourth-order valence-corrected chi connectivity index (χ4v) is 4.28. The van der Waals surface area contributed by atoms with E-state index in [1.165, 1.54) is 48.5 Å². The Bertz CT molecular complexity index is 1390. The number of rotatable bonds is 8. The lowest BCUT2D eigenvalue weighted by Gasteiger charge is -2.38. The van der Waals surface area contributed by atoms with E-state index < -0.39 is 28.9 Å². The van der Waals surface area contributed by atoms with Crippen molar-refractivity contribution in [1.82, 2.24) is 0 Å². The largest absolute Gasteiger partial charge is 0.493 e. The minimum absolute atomic E-state index is 0.107. The Balaban J connectivity index is 1.86. The summed E-state index contributed by atoms with van der Waals surface area (Å²) < 4.78 is 110. The number of nitrogen functional groups attached to an aromatic ring is 2. The molecule has 0 bridgehead atoms. The number of anilines is 2. The topological polar surface area (TPSA) is 89.0 Å². The Kier molecular flexibility index (Phi) is 7.87. The third-order valence-electron chi connectivity index (χ3n) is 6.26. The van der Waals surface area contributed by atoms with Crippen LogP contribution in [0.1, 0.15) is 11.1 Å². The van der Waals surface area contributed by atoms with E-state index in [9.17, 15) is 26.3 Å². The highest BCUT2D eigenvalue weighted by molar-refractivity contribution is 5.56. The van der Waals surface area contributed by atoms with Gasteiger partial charge in [-0.2, -0.15) is 26.3 Å². The molecular formula is C29H24F6N2O4. The zero-order valence-corrected chi connectivity index (χ0v) is 21.6. The van der Waals surface area contributed by atoms with E-state index in [4.69, 9.17) is 30.4 Å². The van der Waals surface area contributed by atoms with Crippen LogP contribution in [0.2, 0.25) is 0 Å². The van der Waals surface area contributed by atoms with E-state index in [1.54, 1.807) is 0 Å². The minimum atomic E-state index is -5.85. The fourth-order valence-electron chi connectivity index (χ4n) is 4.28. The van der Waals surface area contributed by atoms with E-state index in [1.807, 2.05) is 0 Å². The number of hydrogen-bond donors (Lipinski definition) is 2. The standard InChI is InChI=1S/C29H24F6N2O4/c1-38-25-15-17(3-13-23(25)40-21-9-5-19(36)6-10-21)27(28(30,31)32,29(33,34)35)18-4-14-24(26(16-18)39-2)41-22-11-7-20(37)8-12-22/h3-16H,36-37H2,1-2H3. The van der Waals surface area contributed by atoms with Crippen LogP contribution < -0.4 is 30.4 Å². The van der Waals surface area contributed by atoms with Crippen molar-refractivity contribution in [1.29, 1.82) is 0 Å². The average molecular weight is 579 g/mol. The molecule has 4 aromatic carbocycles. The predicted molar refractivity (Wildman–Crippen MR) is 141 cm³/mol. The van der Waals surface area contributed by atoms with Crippen LogP contribution in [0.3, 0.4) is 0 Å². The predicted octanol–water partition coefficient (Wildman–Crippen LogP) is 7.86. The summed E-state index contributed by atoms with van der Waals surface area (Å²) in [5.74, 6) is -0.442. The lowest BCUT2D eigenvalue weighted by molar-refractivity contribution is -0.288. The van der Waals surface area contributed by atoms with Crippen LogP contribution in [0.4, 0.5) is 37.7 Å². The molecule has 0 spiro atoms. The van der Waals surface area contributed by atoms with Crippen molar-refractivity contribution >= 4 is 11.4 Å². The van der Waals surface area contributed by atoms with Crippen LogP contribution in [0.25, 0.3) is 0 Å². The number of benzene rings is 4. The number of hydrogen-bond acceptors (Lipinski definition) is 6. The number of nitrogens with two attached hydrogens (primary N) is 2. The van der Waals surface area contributed by atoms with Crippen molar-refractivity contribution in [3.8, 4) is 34.5 Å². The molecule has 0 saturated heterocycles. The van der Waals surface area contributed by atoms with Crippen LogP contribution in [0.15, 0.2) is 84.9 Å². The molecule has 0 radical (unpaired) electrons. The summed E-state index contributed by atoms with van der Waals surface area (Å²) >= 11 is 0. The number of halogens is 6. The second-order valence-corrected chi connectivity index (χ2v) is 8.82. The summed E-state index contributed by atoms with van der Waals surface area (Å²) in [6.45, 7) is 0. The van der Waals surface area contributed by atoms with E-state index in [-0.39, 0.29) is 34.5 Å². The summed E-state index contributed by atoms with van der Waals surface area (Å²) in [6, 6.07) is 16.7. The van der Waals surface area contributed by atoms with Gasteiger partial charge in [-0.15, -0.1) is 0 Å². The SMILES string of the molecule is COc1cc(C(c2ccc(Oc3ccc(N)cc3)c(OC)c2)(C(F)(F)F)C(F)(F)F)ccc1Oc1ccc(N)cc1. The monoisotopic (exact) mass is 578 g/mol. The summed E-state index contributed by atoms with van der Waals surface area (Å²) in [5, 5.41) is 0. The van der Waals surface area contributed by atoms with Gasteiger partial charge in [-0.05, 0) is 83.9 Å². The van der Waals surface area contributed by atoms with Gasteiger partial charge in [-0.3, -0.25) is 0 Å². The maximum Gasteiger partial charge on any atom is 0.411 e. The van der Waals surface area contributed by atoms with E-state index in [2.05, 4.69) is 0 Å². The molecule has 0 aliphatic heterocycles. The second-order valence-electron chi connectivity index (χ2n) is 8.82. The molecule has 0 aromatic heterocycles. The van der Waals surface area contributed by atoms with Crippen molar-refractivity contribution in [2.75, 3.05) is 25.7 Å². The first kappa shape index (κ1) is 29.2. The molecule has 0 unspecified atom stereocenters. The molecule has 216 valence electrons. The van der Waals surface area contributed by atoms with Gasteiger partial charge in [0.15, 0.2) is 23.0 Å². The van der Waals surface area contributed by atoms with Gasteiger partial charge >= 0.3 is 12.4 Å². The molecule has 0 heterocycles. The van der Waals surface area contributed by atoms with Gasteiger partial charge in [0.25, 0.3) is 0 Å². The number of alkyl halides is 6. The smallest absolute Gasteiger partial charge is 0.411 e. The van der Waals surface area contributed by atoms with Gasteiger partial charge in [0, 0.05) is 11.4 Å². The van der Waals surface area contributed by atoms with Crippen molar-refractivity contribution in [3.05, 3.63) is 96.1 Å². The quantitative estimate of drug-likeness (QED) is 0.163. The van der Waals surface area contributed by atoms with Crippen molar-refractivity contribution < 1.29 is 45.3 Å². The third-order valence-corrected chi connectivity index (χ3v) is 6.26. The summed E-state index contributed by atoms with van der Waals surface area (Å²) in [4.78, 5) is 0. The van der Waals surface area contributed by atoms with Gasteiger partial charge in [-0.25, -0.2) is 0 Å². The molecule has 41 heavy (non-hydrogen) atoms. The van der Waals surface area contributed by atoms with Crippen molar-refractivity contribution in [2.24, 2.45) is 0 Å². The molecule has 6 nitrogen and oxygen atoms in total. The van der Waals surface area contributed by atoms with Crippen LogP contribution in [0, 0.1) is 0 Å². The third kappa shape index (κ3) is 5.63. The number of methoxy groups -OCH3 is 2. The average Bonchev–Trinajstić information content (AvgIpc) is 2.91. The van der Waals surface area contributed by atoms with Crippen LogP contribution in [-0.2, 0) is 5.41 Å². The highest BCUT2D eigenvalue weighted by Gasteiger charge is 2.72. The highest BCUT2D eigenvalue weighted by atomic mass is 19.4. The maximum atomic E-state index is 14.8. The van der Waals surface area contributed by atoms with E-state index >= 15 is 0 Å². The first-order valence-corrected chi connectivity index (χ1v) is 11.9. The van der Waals surface area contributed by atoms with Crippen LogP contribution in [-0.4, -0.2) is 26.6 Å². The van der Waals surface area contributed by atoms with Gasteiger partial charge in [-0.1, -0.05) is 12.1 Å². The summed E-state index contributed by atoms with van der Waals surface area (Å²) in [7, 11) is 2.20. The summed E-state index contributed by atoms with van der Waals surface area (Å²) in [6.07, 6.45) is -11.7. The van der Waals surface area contributed by atoms with Gasteiger partial charge in [0.1, 0.15) is 11.5 Å². The molecule has 12 heteroatoms. The first-order valence-electron chi connectivity index (χ1n) is 11.9. The van der Waals surface area contributed by atoms with Crippen LogP contribution in [0.5, 0.6) is 34.5 Å². The second kappa shape index (κ2) is 11.0. The fraction of sp³-hybridized carbons (Fsp3) is 0.172. The highest BCUT2D eigenvalue weighted by Crippen LogP contribution is 2.58. The zero-order valence-electron chi connectivity index (χ0n) is 21.6. The zero-order chi connectivity index (χ0) is 30.0. The van der Waals surface area contributed by atoms with Crippen LogP contribution >= 0.6 is 0 Å². The Labute approximate surface area is 231 Å². The molecule has 0 saturated carbocycles. The van der Waals surface area contributed by atoms with Crippen molar-refractivity contribution in [3.63, 3.8) is 0 Å². The molecule has 4 rings (SSSR count). The molecule has 0 aliphatic carbocycles.